The highest BCUT2D eigenvalue weighted by Gasteiger charge is 2.11. The molecule has 112 valence electrons. The summed E-state index contributed by atoms with van der Waals surface area (Å²) in [6.07, 6.45) is 0. The summed E-state index contributed by atoms with van der Waals surface area (Å²) in [5.74, 6) is 1.12. The van der Waals surface area contributed by atoms with Gasteiger partial charge in [-0.05, 0) is 30.8 Å². The Morgan fingerprint density at radius 2 is 1.62 bits per heavy atom. The fraction of sp³-hybridized carbons (Fsp3) is 0.200. The zero-order chi connectivity index (χ0) is 15.4. The van der Waals surface area contributed by atoms with Gasteiger partial charge in [0.2, 0.25) is 0 Å². The molecule has 2 aromatic carbocycles. The molecule has 0 saturated heterocycles. The van der Waals surface area contributed by atoms with Crippen molar-refractivity contribution in [2.24, 2.45) is 0 Å². The summed E-state index contributed by atoms with van der Waals surface area (Å²) in [6, 6.07) is 8.56. The van der Waals surface area contributed by atoms with E-state index in [1.54, 1.807) is 24.3 Å². The molecule has 0 aromatic heterocycles. The van der Waals surface area contributed by atoms with Gasteiger partial charge in [0.15, 0.2) is 0 Å². The molecule has 0 aliphatic heterocycles. The molecule has 0 spiro atoms. The van der Waals surface area contributed by atoms with Gasteiger partial charge in [-0.2, -0.15) is 0 Å². The molecule has 1 N–H and O–H groups in total. The Hall–Kier alpha value is -0.640. The van der Waals surface area contributed by atoms with Gasteiger partial charge in [0.25, 0.3) is 0 Å². The Kier molecular flexibility index (Phi) is 6.03. The first-order chi connectivity index (χ1) is 10.0. The van der Waals surface area contributed by atoms with E-state index in [2.05, 4.69) is 5.32 Å². The molecule has 2 rings (SSSR count). The van der Waals surface area contributed by atoms with Crippen molar-refractivity contribution in [3.05, 3.63) is 56.0 Å². The van der Waals surface area contributed by atoms with Gasteiger partial charge in [-0.1, -0.05) is 53.3 Å². The molecular weight excluding hydrogens is 352 g/mol. The predicted octanol–water partition coefficient (Wildman–Crippen LogP) is 6.20. The molecule has 0 fully saturated rings. The summed E-state index contributed by atoms with van der Waals surface area (Å²) in [7, 11) is 0. The van der Waals surface area contributed by atoms with E-state index in [1.165, 1.54) is 0 Å². The number of benzene rings is 2. The lowest BCUT2D eigenvalue weighted by atomic mass is 10.2. The molecule has 0 unspecified atom stereocenters. The van der Waals surface area contributed by atoms with Gasteiger partial charge < -0.3 is 10.1 Å². The number of halogens is 4. The second kappa shape index (κ2) is 7.57. The summed E-state index contributed by atoms with van der Waals surface area (Å²) in [5.41, 5.74) is 0.937. The molecule has 0 aliphatic rings. The highest BCUT2D eigenvalue weighted by molar-refractivity contribution is 6.43. The van der Waals surface area contributed by atoms with Crippen LogP contribution >= 0.6 is 46.4 Å². The van der Waals surface area contributed by atoms with Crippen LogP contribution in [0.5, 0.6) is 11.5 Å². The van der Waals surface area contributed by atoms with Crippen LogP contribution in [0.3, 0.4) is 0 Å². The van der Waals surface area contributed by atoms with Crippen molar-refractivity contribution >= 4 is 46.4 Å². The van der Waals surface area contributed by atoms with Crippen LogP contribution < -0.4 is 10.1 Å². The molecule has 0 aliphatic carbocycles. The van der Waals surface area contributed by atoms with Gasteiger partial charge in [-0.3, -0.25) is 0 Å². The molecule has 0 heterocycles. The minimum atomic E-state index is 0.387. The van der Waals surface area contributed by atoms with Crippen LogP contribution in [-0.4, -0.2) is 6.54 Å². The van der Waals surface area contributed by atoms with Gasteiger partial charge >= 0.3 is 0 Å². The van der Waals surface area contributed by atoms with Crippen LogP contribution in [0.25, 0.3) is 0 Å². The fourth-order valence-electron chi connectivity index (χ4n) is 1.75. The third-order valence-corrected chi connectivity index (χ3v) is 4.04. The van der Waals surface area contributed by atoms with E-state index in [4.69, 9.17) is 51.1 Å². The van der Waals surface area contributed by atoms with Crippen LogP contribution in [0.4, 0.5) is 0 Å². The van der Waals surface area contributed by atoms with E-state index in [1.807, 2.05) is 13.0 Å². The summed E-state index contributed by atoms with van der Waals surface area (Å²) in [6.45, 7) is 3.52. The van der Waals surface area contributed by atoms with Crippen molar-refractivity contribution in [3.63, 3.8) is 0 Å². The van der Waals surface area contributed by atoms with Gasteiger partial charge in [-0.15, -0.1) is 0 Å². The molecule has 0 saturated carbocycles. The normalized spacial score (nSPS) is 10.7. The first-order valence-corrected chi connectivity index (χ1v) is 7.84. The topological polar surface area (TPSA) is 21.3 Å². The highest BCUT2D eigenvalue weighted by Crippen LogP contribution is 2.37. The van der Waals surface area contributed by atoms with Gasteiger partial charge in [0, 0.05) is 23.2 Å². The first-order valence-electron chi connectivity index (χ1n) is 6.32. The third-order valence-electron chi connectivity index (χ3n) is 2.78. The molecule has 21 heavy (non-hydrogen) atoms. The average molecular weight is 365 g/mol. The summed E-state index contributed by atoms with van der Waals surface area (Å²) >= 11 is 24.1. The van der Waals surface area contributed by atoms with Crippen LogP contribution in [-0.2, 0) is 6.54 Å². The summed E-state index contributed by atoms with van der Waals surface area (Å²) in [5, 5.41) is 5.05. The zero-order valence-corrected chi connectivity index (χ0v) is 14.2. The predicted molar refractivity (Wildman–Crippen MR) is 90.4 cm³/mol. The zero-order valence-electron chi connectivity index (χ0n) is 11.2. The Bertz CT molecular complexity index is 646. The van der Waals surface area contributed by atoms with Crippen LogP contribution in [0.1, 0.15) is 12.5 Å². The smallest absolute Gasteiger partial charge is 0.147 e. The lowest BCUT2D eigenvalue weighted by Crippen LogP contribution is -2.12. The molecule has 0 amide bonds. The van der Waals surface area contributed by atoms with E-state index in [-0.39, 0.29) is 0 Å². The first kappa shape index (κ1) is 16.7. The summed E-state index contributed by atoms with van der Waals surface area (Å²) in [4.78, 5) is 0. The van der Waals surface area contributed by atoms with Crippen molar-refractivity contribution in [1.29, 1.82) is 0 Å². The van der Waals surface area contributed by atoms with E-state index < -0.39 is 0 Å². The maximum Gasteiger partial charge on any atom is 0.147 e. The number of ether oxygens (including phenoxy) is 1. The quantitative estimate of drug-likeness (QED) is 0.637. The summed E-state index contributed by atoms with van der Waals surface area (Å²) < 4.78 is 5.85. The highest BCUT2D eigenvalue weighted by atomic mass is 35.5. The number of rotatable bonds is 5. The van der Waals surface area contributed by atoms with Gasteiger partial charge in [0.05, 0.1) is 15.1 Å². The van der Waals surface area contributed by atoms with E-state index >= 15 is 0 Å². The standard InChI is InChI=1S/C15H13Cl4NO/c1-2-20-8-9-5-10(16)3-4-14(9)21-15-7-12(18)11(17)6-13(15)19/h3-7,20H,2,8H2,1H3. The molecule has 0 bridgehead atoms. The molecule has 2 aromatic rings. The lowest BCUT2D eigenvalue weighted by molar-refractivity contribution is 0.473. The molecule has 6 heteroatoms. The minimum absolute atomic E-state index is 0.387. The second-order valence-corrected chi connectivity index (χ2v) is 5.99. The molecule has 0 atom stereocenters. The van der Waals surface area contributed by atoms with Crippen molar-refractivity contribution in [2.75, 3.05) is 6.54 Å². The van der Waals surface area contributed by atoms with Crippen LogP contribution in [0, 0.1) is 0 Å². The van der Waals surface area contributed by atoms with Crippen molar-refractivity contribution in [2.45, 2.75) is 13.5 Å². The Morgan fingerprint density at radius 3 is 2.33 bits per heavy atom. The maximum atomic E-state index is 6.13. The van der Waals surface area contributed by atoms with Crippen molar-refractivity contribution < 1.29 is 4.74 Å². The second-order valence-electron chi connectivity index (χ2n) is 4.33. The van der Waals surface area contributed by atoms with Crippen LogP contribution in [0.2, 0.25) is 20.1 Å². The maximum absolute atomic E-state index is 6.13. The Balaban J connectivity index is 2.32. The third kappa shape index (κ3) is 4.41. The van der Waals surface area contributed by atoms with E-state index in [0.717, 1.165) is 12.1 Å². The monoisotopic (exact) mass is 363 g/mol. The average Bonchev–Trinajstić information content (AvgIpc) is 2.44. The van der Waals surface area contributed by atoms with Crippen molar-refractivity contribution in [3.8, 4) is 11.5 Å². The molecule has 0 radical (unpaired) electrons. The van der Waals surface area contributed by atoms with Crippen molar-refractivity contribution in [1.82, 2.24) is 5.32 Å². The lowest BCUT2D eigenvalue weighted by Gasteiger charge is -2.13. The van der Waals surface area contributed by atoms with E-state index in [9.17, 15) is 0 Å². The molecular formula is C15H13Cl4NO. The SMILES string of the molecule is CCNCc1cc(Cl)ccc1Oc1cc(Cl)c(Cl)cc1Cl. The van der Waals surface area contributed by atoms with Crippen LogP contribution in [0.15, 0.2) is 30.3 Å². The minimum Gasteiger partial charge on any atom is -0.455 e. The fourth-order valence-corrected chi connectivity index (χ4v) is 2.52. The Labute approximate surface area is 143 Å². The number of nitrogens with one attached hydrogen (secondary N) is 1. The van der Waals surface area contributed by atoms with E-state index in [0.29, 0.717) is 38.1 Å². The Morgan fingerprint density at radius 1 is 0.905 bits per heavy atom. The number of hydrogen-bond donors (Lipinski definition) is 1. The van der Waals surface area contributed by atoms with Gasteiger partial charge in [0.1, 0.15) is 11.5 Å². The van der Waals surface area contributed by atoms with Gasteiger partial charge in [-0.25, -0.2) is 0 Å². The number of hydrogen-bond acceptors (Lipinski definition) is 2. The molecule has 2 nitrogen and oxygen atoms in total. The largest absolute Gasteiger partial charge is 0.455 e.